The predicted molar refractivity (Wildman–Crippen MR) is 88.0 cm³/mol. The standard InChI is InChI=1S/C15H20F4N2.2ClH/c1-2-3-14(21-8-6-20-7-9-21)12-5-4-11(16)10-13(12)15(17,18)19;;/h4-5,10,14,20H,2-3,6-9H2,1H3;2*1H/t14-;;/m1../s1. The maximum absolute atomic E-state index is 13.2. The van der Waals surface area contributed by atoms with E-state index < -0.39 is 17.6 Å². The Hall–Kier alpha value is -0.560. The van der Waals surface area contributed by atoms with Gasteiger partial charge < -0.3 is 5.32 Å². The van der Waals surface area contributed by atoms with Crippen LogP contribution in [0.2, 0.25) is 0 Å². The summed E-state index contributed by atoms with van der Waals surface area (Å²) in [7, 11) is 0. The highest BCUT2D eigenvalue weighted by Crippen LogP contribution is 2.38. The number of rotatable bonds is 4. The second-order valence-electron chi connectivity index (χ2n) is 5.32. The molecule has 1 N–H and O–H groups in total. The summed E-state index contributed by atoms with van der Waals surface area (Å²) in [6.07, 6.45) is -3.12. The van der Waals surface area contributed by atoms with E-state index in [4.69, 9.17) is 0 Å². The molecule has 23 heavy (non-hydrogen) atoms. The molecule has 1 fully saturated rings. The Labute approximate surface area is 146 Å². The molecule has 0 radical (unpaired) electrons. The smallest absolute Gasteiger partial charge is 0.314 e. The first-order valence-corrected chi connectivity index (χ1v) is 7.25. The number of alkyl halides is 3. The lowest BCUT2D eigenvalue weighted by molar-refractivity contribution is -0.139. The highest BCUT2D eigenvalue weighted by molar-refractivity contribution is 5.85. The minimum absolute atomic E-state index is 0. The molecule has 1 aromatic rings. The Balaban J connectivity index is 0.00000242. The van der Waals surface area contributed by atoms with Crippen molar-refractivity contribution in [3.05, 3.63) is 35.1 Å². The Morgan fingerprint density at radius 2 is 1.78 bits per heavy atom. The molecule has 1 aliphatic rings. The Kier molecular flexibility index (Phi) is 9.43. The summed E-state index contributed by atoms with van der Waals surface area (Å²) in [4.78, 5) is 2.06. The minimum Gasteiger partial charge on any atom is -0.314 e. The van der Waals surface area contributed by atoms with Gasteiger partial charge in [0.25, 0.3) is 0 Å². The third-order valence-electron chi connectivity index (χ3n) is 3.83. The lowest BCUT2D eigenvalue weighted by Gasteiger charge is -2.36. The number of nitrogens with zero attached hydrogens (tertiary/aromatic N) is 1. The lowest BCUT2D eigenvalue weighted by Crippen LogP contribution is -2.45. The van der Waals surface area contributed by atoms with E-state index in [1.54, 1.807) is 0 Å². The van der Waals surface area contributed by atoms with E-state index >= 15 is 0 Å². The fourth-order valence-corrected chi connectivity index (χ4v) is 2.87. The lowest BCUT2D eigenvalue weighted by atomic mass is 9.94. The van der Waals surface area contributed by atoms with Crippen LogP contribution in [0.5, 0.6) is 0 Å². The average Bonchev–Trinajstić information content (AvgIpc) is 2.45. The molecule has 0 saturated carbocycles. The fourth-order valence-electron chi connectivity index (χ4n) is 2.87. The highest BCUT2D eigenvalue weighted by Gasteiger charge is 2.37. The zero-order valence-corrected chi connectivity index (χ0v) is 14.5. The summed E-state index contributed by atoms with van der Waals surface area (Å²) in [5, 5.41) is 3.19. The Morgan fingerprint density at radius 3 is 2.30 bits per heavy atom. The van der Waals surface area contributed by atoms with Gasteiger partial charge in [0.1, 0.15) is 5.82 Å². The molecular weight excluding hydrogens is 355 g/mol. The van der Waals surface area contributed by atoms with E-state index in [-0.39, 0.29) is 36.4 Å². The molecule has 8 heteroatoms. The van der Waals surface area contributed by atoms with Crippen molar-refractivity contribution in [2.24, 2.45) is 0 Å². The van der Waals surface area contributed by atoms with Gasteiger partial charge in [0.2, 0.25) is 0 Å². The van der Waals surface area contributed by atoms with Crippen LogP contribution < -0.4 is 5.32 Å². The summed E-state index contributed by atoms with van der Waals surface area (Å²) in [5.74, 6) is -0.846. The summed E-state index contributed by atoms with van der Waals surface area (Å²) in [6.45, 7) is 4.90. The molecule has 1 saturated heterocycles. The second kappa shape index (κ2) is 9.67. The molecule has 0 aliphatic carbocycles. The third-order valence-corrected chi connectivity index (χ3v) is 3.83. The molecule has 0 spiro atoms. The van der Waals surface area contributed by atoms with Gasteiger partial charge in [-0.25, -0.2) is 4.39 Å². The van der Waals surface area contributed by atoms with Crippen molar-refractivity contribution in [3.63, 3.8) is 0 Å². The van der Waals surface area contributed by atoms with Crippen LogP contribution in [0, 0.1) is 5.82 Å². The maximum Gasteiger partial charge on any atom is 0.416 e. The number of halogens is 6. The molecule has 2 nitrogen and oxygen atoms in total. The van der Waals surface area contributed by atoms with E-state index in [1.165, 1.54) is 6.07 Å². The van der Waals surface area contributed by atoms with Crippen LogP contribution in [0.1, 0.15) is 36.9 Å². The van der Waals surface area contributed by atoms with Crippen LogP contribution in [-0.2, 0) is 6.18 Å². The van der Waals surface area contributed by atoms with E-state index in [1.807, 2.05) is 6.92 Å². The van der Waals surface area contributed by atoms with Gasteiger partial charge in [-0.3, -0.25) is 4.90 Å². The molecular formula is C15H22Cl2F4N2. The molecule has 0 amide bonds. The first-order chi connectivity index (χ1) is 9.93. The summed E-state index contributed by atoms with van der Waals surface area (Å²) in [6, 6.07) is 2.71. The second-order valence-corrected chi connectivity index (χ2v) is 5.32. The first-order valence-electron chi connectivity index (χ1n) is 7.25. The van der Waals surface area contributed by atoms with E-state index in [2.05, 4.69) is 10.2 Å². The Morgan fingerprint density at radius 1 is 1.17 bits per heavy atom. The highest BCUT2D eigenvalue weighted by atomic mass is 35.5. The number of hydrogen-bond acceptors (Lipinski definition) is 2. The molecule has 0 bridgehead atoms. The van der Waals surface area contributed by atoms with Gasteiger partial charge in [-0.1, -0.05) is 19.4 Å². The zero-order chi connectivity index (χ0) is 15.5. The topological polar surface area (TPSA) is 15.3 Å². The average molecular weight is 377 g/mol. The summed E-state index contributed by atoms with van der Waals surface area (Å²) < 4.78 is 52.8. The minimum atomic E-state index is -4.53. The number of piperazine rings is 1. The predicted octanol–water partition coefficient (Wildman–Crippen LogP) is 4.43. The van der Waals surface area contributed by atoms with Gasteiger partial charge in [-0.2, -0.15) is 13.2 Å². The monoisotopic (exact) mass is 376 g/mol. The van der Waals surface area contributed by atoms with Crippen LogP contribution in [-0.4, -0.2) is 31.1 Å². The number of benzene rings is 1. The fraction of sp³-hybridized carbons (Fsp3) is 0.600. The summed E-state index contributed by atoms with van der Waals surface area (Å²) in [5.41, 5.74) is -0.660. The van der Waals surface area contributed by atoms with Crippen molar-refractivity contribution in [2.75, 3.05) is 26.2 Å². The van der Waals surface area contributed by atoms with Crippen molar-refractivity contribution in [1.82, 2.24) is 10.2 Å². The molecule has 0 unspecified atom stereocenters. The number of nitrogens with one attached hydrogen (secondary N) is 1. The molecule has 0 aromatic heterocycles. The molecule has 1 aliphatic heterocycles. The quantitative estimate of drug-likeness (QED) is 0.781. The van der Waals surface area contributed by atoms with Gasteiger partial charge in [-0.05, 0) is 24.1 Å². The largest absolute Gasteiger partial charge is 0.416 e. The van der Waals surface area contributed by atoms with Crippen LogP contribution in [0.25, 0.3) is 0 Å². The van der Waals surface area contributed by atoms with E-state index in [0.717, 1.165) is 25.6 Å². The third kappa shape index (κ3) is 5.78. The van der Waals surface area contributed by atoms with Gasteiger partial charge in [0.05, 0.1) is 5.56 Å². The SMILES string of the molecule is CCC[C@H](c1ccc(F)cc1C(F)(F)F)N1CCNCC1.Cl.Cl. The number of hydrogen-bond donors (Lipinski definition) is 1. The first kappa shape index (κ1) is 22.4. The van der Waals surface area contributed by atoms with Crippen LogP contribution in [0.3, 0.4) is 0 Å². The van der Waals surface area contributed by atoms with Crippen LogP contribution in [0.15, 0.2) is 18.2 Å². The van der Waals surface area contributed by atoms with Crippen LogP contribution >= 0.6 is 24.8 Å². The van der Waals surface area contributed by atoms with Gasteiger partial charge in [0.15, 0.2) is 0 Å². The van der Waals surface area contributed by atoms with Crippen molar-refractivity contribution < 1.29 is 17.6 Å². The van der Waals surface area contributed by atoms with Crippen LogP contribution in [0.4, 0.5) is 17.6 Å². The molecule has 134 valence electrons. The molecule has 2 rings (SSSR count). The van der Waals surface area contributed by atoms with E-state index in [9.17, 15) is 17.6 Å². The molecule has 1 heterocycles. The van der Waals surface area contributed by atoms with Gasteiger partial charge in [-0.15, -0.1) is 24.8 Å². The van der Waals surface area contributed by atoms with Crippen molar-refractivity contribution in [1.29, 1.82) is 0 Å². The molecule has 1 aromatic carbocycles. The maximum atomic E-state index is 13.2. The van der Waals surface area contributed by atoms with Gasteiger partial charge in [0, 0.05) is 32.2 Å². The van der Waals surface area contributed by atoms with E-state index in [0.29, 0.717) is 25.6 Å². The van der Waals surface area contributed by atoms with Crippen molar-refractivity contribution >= 4 is 24.8 Å². The van der Waals surface area contributed by atoms with Crippen molar-refractivity contribution in [3.8, 4) is 0 Å². The zero-order valence-electron chi connectivity index (χ0n) is 12.8. The summed E-state index contributed by atoms with van der Waals surface area (Å²) >= 11 is 0. The molecule has 1 atom stereocenters. The van der Waals surface area contributed by atoms with Crippen molar-refractivity contribution in [2.45, 2.75) is 32.0 Å². The Bertz CT molecular complexity index is 477. The normalized spacial score (nSPS) is 17.1. The van der Waals surface area contributed by atoms with Gasteiger partial charge >= 0.3 is 6.18 Å².